The molecule has 1 N–H and O–H groups in total. The van der Waals surface area contributed by atoms with Crippen LogP contribution in [-0.4, -0.2) is 43.4 Å². The first kappa shape index (κ1) is 16.3. The van der Waals surface area contributed by atoms with E-state index < -0.39 is 4.92 Å². The van der Waals surface area contributed by atoms with E-state index in [1.165, 1.54) is 26.4 Å². The first-order valence-electron chi connectivity index (χ1n) is 6.60. The maximum absolute atomic E-state index is 11.2. The van der Waals surface area contributed by atoms with Crippen LogP contribution in [0.3, 0.4) is 0 Å². The molecule has 1 heterocycles. The lowest BCUT2D eigenvalue weighted by atomic mass is 10.2. The van der Waals surface area contributed by atoms with Crippen LogP contribution >= 0.6 is 0 Å². The SMILES string of the molecule is COc1cc(NCc2nc(N(C)C)no2)c([N+](=O)[O-])cc1OC. The topological polar surface area (TPSA) is 116 Å². The number of hydrogen-bond donors (Lipinski definition) is 1. The Morgan fingerprint density at radius 1 is 1.30 bits per heavy atom. The van der Waals surface area contributed by atoms with E-state index in [1.54, 1.807) is 19.0 Å². The molecule has 0 aliphatic carbocycles. The van der Waals surface area contributed by atoms with Gasteiger partial charge >= 0.3 is 0 Å². The quantitative estimate of drug-likeness (QED) is 0.600. The zero-order valence-corrected chi connectivity index (χ0v) is 13.2. The number of nitro groups is 1. The average molecular weight is 323 g/mol. The monoisotopic (exact) mass is 323 g/mol. The molecule has 0 unspecified atom stereocenters. The zero-order chi connectivity index (χ0) is 17.0. The lowest BCUT2D eigenvalue weighted by molar-refractivity contribution is -0.384. The van der Waals surface area contributed by atoms with Crippen molar-refractivity contribution in [3.63, 3.8) is 0 Å². The summed E-state index contributed by atoms with van der Waals surface area (Å²) in [6.45, 7) is 0.136. The third-order valence-electron chi connectivity index (χ3n) is 2.99. The van der Waals surface area contributed by atoms with E-state index in [-0.39, 0.29) is 23.7 Å². The largest absolute Gasteiger partial charge is 0.493 e. The number of nitrogens with one attached hydrogen (secondary N) is 1. The Hall–Kier alpha value is -3.04. The summed E-state index contributed by atoms with van der Waals surface area (Å²) in [4.78, 5) is 16.5. The first-order valence-corrected chi connectivity index (χ1v) is 6.60. The number of hydrogen-bond acceptors (Lipinski definition) is 9. The molecule has 0 saturated heterocycles. The van der Waals surface area contributed by atoms with Crippen molar-refractivity contribution >= 4 is 17.3 Å². The molecular weight excluding hydrogens is 306 g/mol. The Balaban J connectivity index is 2.24. The maximum atomic E-state index is 11.2. The second-order valence-corrected chi connectivity index (χ2v) is 4.72. The predicted molar refractivity (Wildman–Crippen MR) is 82.2 cm³/mol. The zero-order valence-electron chi connectivity index (χ0n) is 13.2. The minimum Gasteiger partial charge on any atom is -0.493 e. The molecule has 2 rings (SSSR count). The number of nitro benzene ring substituents is 1. The van der Waals surface area contributed by atoms with Crippen LogP contribution in [0.4, 0.5) is 17.3 Å². The second-order valence-electron chi connectivity index (χ2n) is 4.72. The van der Waals surface area contributed by atoms with Gasteiger partial charge < -0.3 is 24.2 Å². The van der Waals surface area contributed by atoms with Crippen molar-refractivity contribution in [2.75, 3.05) is 38.5 Å². The Kier molecular flexibility index (Phi) is 4.84. The molecule has 0 spiro atoms. The molecule has 10 nitrogen and oxygen atoms in total. The minimum atomic E-state index is -0.511. The van der Waals surface area contributed by atoms with Crippen LogP contribution in [0.2, 0.25) is 0 Å². The Labute approximate surface area is 132 Å². The van der Waals surface area contributed by atoms with Gasteiger partial charge in [-0.1, -0.05) is 0 Å². The molecule has 0 atom stereocenters. The van der Waals surface area contributed by atoms with Gasteiger partial charge in [0.2, 0.25) is 5.89 Å². The molecule has 2 aromatic rings. The van der Waals surface area contributed by atoms with Gasteiger partial charge in [0, 0.05) is 20.2 Å². The van der Waals surface area contributed by atoms with Gasteiger partial charge in [0.05, 0.1) is 31.8 Å². The molecule has 0 aliphatic heterocycles. The second kappa shape index (κ2) is 6.81. The summed E-state index contributed by atoms with van der Waals surface area (Å²) >= 11 is 0. The third-order valence-corrected chi connectivity index (χ3v) is 2.99. The molecular formula is C13H17N5O5. The molecule has 0 amide bonds. The number of aromatic nitrogens is 2. The van der Waals surface area contributed by atoms with Gasteiger partial charge in [0.15, 0.2) is 11.5 Å². The van der Waals surface area contributed by atoms with Gasteiger partial charge in [-0.15, -0.1) is 0 Å². The predicted octanol–water partition coefficient (Wildman–Crippen LogP) is 1.67. The van der Waals surface area contributed by atoms with Crippen LogP contribution in [-0.2, 0) is 6.54 Å². The molecule has 10 heteroatoms. The van der Waals surface area contributed by atoms with E-state index >= 15 is 0 Å². The van der Waals surface area contributed by atoms with Gasteiger partial charge in [-0.2, -0.15) is 4.98 Å². The van der Waals surface area contributed by atoms with Crippen molar-refractivity contribution in [2.45, 2.75) is 6.54 Å². The number of ether oxygens (including phenoxy) is 2. The average Bonchev–Trinajstić information content (AvgIpc) is 3.01. The smallest absolute Gasteiger partial charge is 0.296 e. The fraction of sp³-hybridized carbons (Fsp3) is 0.385. The van der Waals surface area contributed by atoms with Crippen LogP contribution in [0, 0.1) is 10.1 Å². The lowest BCUT2D eigenvalue weighted by Gasteiger charge is -2.11. The Morgan fingerprint density at radius 3 is 2.48 bits per heavy atom. The summed E-state index contributed by atoms with van der Waals surface area (Å²) in [5.74, 6) is 1.37. The first-order chi connectivity index (χ1) is 11.0. The molecule has 1 aromatic heterocycles. The number of benzene rings is 1. The minimum absolute atomic E-state index is 0.136. The molecule has 0 aliphatic rings. The normalized spacial score (nSPS) is 10.3. The van der Waals surface area contributed by atoms with E-state index in [2.05, 4.69) is 15.5 Å². The third kappa shape index (κ3) is 3.59. The van der Waals surface area contributed by atoms with Crippen LogP contribution < -0.4 is 19.7 Å². The van der Waals surface area contributed by atoms with Gasteiger partial charge in [0.25, 0.3) is 11.6 Å². The maximum Gasteiger partial charge on any atom is 0.296 e. The van der Waals surface area contributed by atoms with Crippen molar-refractivity contribution in [1.82, 2.24) is 10.1 Å². The van der Waals surface area contributed by atoms with Gasteiger partial charge in [0.1, 0.15) is 5.69 Å². The highest BCUT2D eigenvalue weighted by Crippen LogP contribution is 2.37. The molecule has 0 bridgehead atoms. The van der Waals surface area contributed by atoms with Crippen molar-refractivity contribution < 1.29 is 18.9 Å². The Morgan fingerprint density at radius 2 is 1.96 bits per heavy atom. The highest BCUT2D eigenvalue weighted by atomic mass is 16.6. The van der Waals surface area contributed by atoms with E-state index in [4.69, 9.17) is 14.0 Å². The van der Waals surface area contributed by atoms with E-state index in [0.717, 1.165) is 0 Å². The van der Waals surface area contributed by atoms with Crippen LogP contribution in [0.25, 0.3) is 0 Å². The molecule has 0 fully saturated rings. The van der Waals surface area contributed by atoms with Crippen LogP contribution in [0.1, 0.15) is 5.89 Å². The summed E-state index contributed by atoms with van der Waals surface area (Å²) in [5.41, 5.74) is 0.118. The summed E-state index contributed by atoms with van der Waals surface area (Å²) in [7, 11) is 6.42. The molecule has 1 aromatic carbocycles. The fourth-order valence-corrected chi connectivity index (χ4v) is 1.83. The van der Waals surface area contributed by atoms with E-state index in [1.807, 2.05) is 0 Å². The standard InChI is InChI=1S/C13H17N5O5/c1-17(2)13-15-12(23-16-13)7-14-8-5-10(21-3)11(22-4)6-9(8)18(19)20/h5-6,14H,7H2,1-4H3. The van der Waals surface area contributed by atoms with Crippen LogP contribution in [0.5, 0.6) is 11.5 Å². The van der Waals surface area contributed by atoms with E-state index in [9.17, 15) is 10.1 Å². The number of methoxy groups -OCH3 is 2. The van der Waals surface area contributed by atoms with Crippen LogP contribution in [0.15, 0.2) is 16.7 Å². The molecule has 0 saturated carbocycles. The number of anilines is 2. The molecule has 0 radical (unpaired) electrons. The van der Waals surface area contributed by atoms with Gasteiger partial charge in [-0.05, 0) is 5.16 Å². The summed E-state index contributed by atoms with van der Waals surface area (Å²) in [5, 5.41) is 17.9. The highest BCUT2D eigenvalue weighted by molar-refractivity contribution is 5.68. The number of rotatable bonds is 7. The molecule has 23 heavy (non-hydrogen) atoms. The lowest BCUT2D eigenvalue weighted by Crippen LogP contribution is -2.10. The highest BCUT2D eigenvalue weighted by Gasteiger charge is 2.20. The molecule has 124 valence electrons. The summed E-state index contributed by atoms with van der Waals surface area (Å²) in [6, 6.07) is 2.78. The fourth-order valence-electron chi connectivity index (χ4n) is 1.83. The van der Waals surface area contributed by atoms with Crippen molar-refractivity contribution in [2.24, 2.45) is 0 Å². The van der Waals surface area contributed by atoms with Gasteiger partial charge in [-0.25, -0.2) is 0 Å². The van der Waals surface area contributed by atoms with Crippen molar-refractivity contribution in [3.05, 3.63) is 28.1 Å². The Bertz CT molecular complexity index is 700. The summed E-state index contributed by atoms with van der Waals surface area (Å²) in [6.07, 6.45) is 0. The summed E-state index contributed by atoms with van der Waals surface area (Å²) < 4.78 is 15.3. The number of nitrogens with zero attached hydrogens (tertiary/aromatic N) is 4. The van der Waals surface area contributed by atoms with Crippen molar-refractivity contribution in [3.8, 4) is 11.5 Å². The van der Waals surface area contributed by atoms with Crippen molar-refractivity contribution in [1.29, 1.82) is 0 Å². The van der Waals surface area contributed by atoms with Gasteiger partial charge in [-0.3, -0.25) is 10.1 Å². The van der Waals surface area contributed by atoms with E-state index in [0.29, 0.717) is 17.6 Å².